The molecule has 1 aliphatic heterocycles. The minimum Gasteiger partial charge on any atom is -0.492 e. The van der Waals surface area contributed by atoms with Gasteiger partial charge < -0.3 is 35.1 Å². The van der Waals surface area contributed by atoms with Gasteiger partial charge in [0.25, 0.3) is 5.91 Å². The number of aliphatic hydroxyl groups is 1. The van der Waals surface area contributed by atoms with Gasteiger partial charge in [0.1, 0.15) is 6.10 Å². The monoisotopic (exact) mass is 560 g/mol. The molecule has 11 heteroatoms. The van der Waals surface area contributed by atoms with Gasteiger partial charge in [-0.3, -0.25) is 14.4 Å². The van der Waals surface area contributed by atoms with E-state index in [1.165, 1.54) is 34.3 Å². The van der Waals surface area contributed by atoms with E-state index in [0.717, 1.165) is 6.08 Å². The van der Waals surface area contributed by atoms with Crippen LogP contribution in [0.5, 0.6) is 0 Å². The Hall–Kier alpha value is -3.54. The van der Waals surface area contributed by atoms with E-state index in [-0.39, 0.29) is 34.9 Å². The second kappa shape index (κ2) is 14.7. The van der Waals surface area contributed by atoms with Crippen LogP contribution in [0.4, 0.5) is 4.79 Å². The zero-order chi connectivity index (χ0) is 30.1. The van der Waals surface area contributed by atoms with E-state index in [1.54, 1.807) is 32.1 Å². The van der Waals surface area contributed by atoms with Gasteiger partial charge in [-0.2, -0.15) is 0 Å². The highest BCUT2D eigenvalue weighted by Crippen LogP contribution is 2.29. The number of carbonyl (C=O) groups is 4. The summed E-state index contributed by atoms with van der Waals surface area (Å²) >= 11 is 0. The summed E-state index contributed by atoms with van der Waals surface area (Å²) in [4.78, 5) is 50.6. The lowest BCUT2D eigenvalue weighted by molar-refractivity contribution is -0.120. The van der Waals surface area contributed by atoms with E-state index in [9.17, 15) is 24.3 Å². The average molecular weight is 561 g/mol. The highest BCUT2D eigenvalue weighted by Gasteiger charge is 2.34. The third-order valence-corrected chi connectivity index (χ3v) is 6.95. The van der Waals surface area contributed by atoms with Crippen molar-refractivity contribution in [3.8, 4) is 0 Å². The lowest BCUT2D eigenvalue weighted by Crippen LogP contribution is -2.37. The number of methoxy groups -OCH3 is 3. The van der Waals surface area contributed by atoms with Crippen molar-refractivity contribution in [1.82, 2.24) is 5.32 Å². The quantitative estimate of drug-likeness (QED) is 0.346. The first kappa shape index (κ1) is 32.7. The van der Waals surface area contributed by atoms with Crippen molar-refractivity contribution < 1.29 is 43.2 Å². The van der Waals surface area contributed by atoms with Crippen LogP contribution >= 0.6 is 0 Å². The minimum atomic E-state index is -1.00. The standard InChI is InChI=1S/C29H40N2O9/c1-15-11-19-25(34)20(14-21(32)27(19)39-7)31-28(35)16(2)9-8-10-22(37-5)26(40-29(30)36)18(4)13-17(3)24(33)23(12-15)38-6/h8-10,13-15,17,22-24,26,33H,11-12H2,1-7H3,(H2,30,36)(H,31,35)/b10-8-,16-9+,18-13+/t15-,17+,22-,23-,24+,26+/m0/s1. The third kappa shape index (κ3) is 8.23. The number of primary amides is 1. The molecule has 2 aliphatic rings. The Morgan fingerprint density at radius 3 is 2.35 bits per heavy atom. The molecular formula is C29H40N2O9. The molecule has 0 radical (unpaired) electrons. The molecule has 2 amide bonds. The number of carbonyl (C=O) groups excluding carboxylic acids is 4. The molecule has 2 bridgehead atoms. The van der Waals surface area contributed by atoms with Crippen LogP contribution in [0, 0.1) is 11.8 Å². The maximum absolute atomic E-state index is 13.3. The number of rotatable bonds is 4. The normalized spacial score (nSPS) is 32.7. The van der Waals surface area contributed by atoms with Gasteiger partial charge in [0.15, 0.2) is 11.9 Å². The summed E-state index contributed by atoms with van der Waals surface area (Å²) in [6.45, 7) is 6.92. The van der Waals surface area contributed by atoms with Crippen LogP contribution in [-0.2, 0) is 33.3 Å². The lowest BCUT2D eigenvalue weighted by Gasteiger charge is -2.29. The number of aliphatic hydroxyl groups excluding tert-OH is 1. The highest BCUT2D eigenvalue weighted by atomic mass is 16.6. The fraction of sp³-hybridized carbons (Fsp3) is 0.517. The van der Waals surface area contributed by atoms with E-state index in [1.807, 2.05) is 6.92 Å². The summed E-state index contributed by atoms with van der Waals surface area (Å²) in [5.41, 5.74) is 6.12. The van der Waals surface area contributed by atoms with Gasteiger partial charge in [0.2, 0.25) is 11.6 Å². The highest BCUT2D eigenvalue weighted by molar-refractivity contribution is 6.23. The SMILES string of the molecule is COC1=C2C[C@H](C)C[C@H](OC)[C@H](O)[C@H](C)/C=C(\C)[C@@H](OC(N)=O)[C@@H](OC)/C=C\C=C(/C)C(=O)NC(=CC1=O)C2=O. The molecule has 0 aromatic rings. The number of ketones is 2. The van der Waals surface area contributed by atoms with Crippen molar-refractivity contribution in [3.05, 3.63) is 58.6 Å². The van der Waals surface area contributed by atoms with Crippen LogP contribution < -0.4 is 11.1 Å². The Bertz CT molecular complexity index is 1150. The first-order chi connectivity index (χ1) is 18.8. The topological polar surface area (TPSA) is 163 Å². The number of ether oxygens (including phenoxy) is 4. The van der Waals surface area contributed by atoms with Gasteiger partial charge in [-0.05, 0) is 38.2 Å². The maximum atomic E-state index is 13.3. The Morgan fingerprint density at radius 1 is 1.10 bits per heavy atom. The average Bonchev–Trinajstić information content (AvgIpc) is 2.90. The van der Waals surface area contributed by atoms with Crippen LogP contribution in [0.3, 0.4) is 0 Å². The second-order valence-electron chi connectivity index (χ2n) is 10.1. The maximum Gasteiger partial charge on any atom is 0.405 e. The smallest absolute Gasteiger partial charge is 0.405 e. The number of amides is 2. The van der Waals surface area contributed by atoms with Crippen LogP contribution in [0.25, 0.3) is 0 Å². The van der Waals surface area contributed by atoms with Gasteiger partial charge >= 0.3 is 6.09 Å². The van der Waals surface area contributed by atoms with Crippen molar-refractivity contribution in [2.24, 2.45) is 17.6 Å². The number of hydrogen-bond donors (Lipinski definition) is 3. The lowest BCUT2D eigenvalue weighted by atomic mass is 9.85. The third-order valence-electron chi connectivity index (χ3n) is 6.95. The van der Waals surface area contributed by atoms with Crippen molar-refractivity contribution in [2.45, 2.75) is 65.0 Å². The first-order valence-corrected chi connectivity index (χ1v) is 13.0. The summed E-state index contributed by atoms with van der Waals surface area (Å²) < 4.78 is 21.7. The van der Waals surface area contributed by atoms with Gasteiger partial charge in [-0.25, -0.2) is 4.79 Å². The molecule has 1 aliphatic carbocycles. The molecule has 0 saturated carbocycles. The zero-order valence-corrected chi connectivity index (χ0v) is 24.1. The number of allylic oxidation sites excluding steroid dienone is 4. The molecule has 1 heterocycles. The minimum absolute atomic E-state index is 0.0801. The van der Waals surface area contributed by atoms with Crippen LogP contribution in [-0.4, -0.2) is 74.4 Å². The van der Waals surface area contributed by atoms with Gasteiger partial charge in [0, 0.05) is 37.4 Å². The van der Waals surface area contributed by atoms with Crippen LogP contribution in [0.15, 0.2) is 58.6 Å². The predicted octanol–water partition coefficient (Wildman–Crippen LogP) is 2.41. The molecule has 0 unspecified atom stereocenters. The number of nitrogens with two attached hydrogens (primary N) is 1. The number of Topliss-reactive ketones (excluding diaryl/α,β-unsaturated/α-hetero) is 1. The summed E-state index contributed by atoms with van der Waals surface area (Å²) in [5, 5.41) is 13.7. The molecular weight excluding hydrogens is 520 g/mol. The molecule has 2 rings (SSSR count). The number of fused-ring (bicyclic) bond motifs is 2. The molecule has 11 nitrogen and oxygen atoms in total. The largest absolute Gasteiger partial charge is 0.492 e. The zero-order valence-electron chi connectivity index (χ0n) is 24.1. The van der Waals surface area contributed by atoms with E-state index in [4.69, 9.17) is 24.7 Å². The van der Waals surface area contributed by atoms with Gasteiger partial charge in [-0.1, -0.05) is 38.2 Å². The number of hydrogen-bond acceptors (Lipinski definition) is 9. The number of nitrogens with one attached hydrogen (secondary N) is 1. The van der Waals surface area contributed by atoms with Crippen molar-refractivity contribution in [1.29, 1.82) is 0 Å². The molecule has 0 aromatic carbocycles. The fourth-order valence-electron chi connectivity index (χ4n) is 4.78. The van der Waals surface area contributed by atoms with Gasteiger partial charge in [0.05, 0.1) is 25.0 Å². The second-order valence-corrected chi connectivity index (χ2v) is 10.1. The molecule has 220 valence electrons. The van der Waals surface area contributed by atoms with Crippen molar-refractivity contribution >= 4 is 23.6 Å². The van der Waals surface area contributed by atoms with E-state index in [0.29, 0.717) is 12.0 Å². The molecule has 0 spiro atoms. The molecule has 6 atom stereocenters. The fourth-order valence-corrected chi connectivity index (χ4v) is 4.78. The first-order valence-electron chi connectivity index (χ1n) is 13.0. The summed E-state index contributed by atoms with van der Waals surface area (Å²) in [5.74, 6) is -2.39. The summed E-state index contributed by atoms with van der Waals surface area (Å²) in [6.07, 6.45) is 3.61. The van der Waals surface area contributed by atoms with Crippen molar-refractivity contribution in [3.63, 3.8) is 0 Å². The van der Waals surface area contributed by atoms with Crippen molar-refractivity contribution in [2.75, 3.05) is 21.3 Å². The Labute approximate surface area is 234 Å². The Balaban J connectivity index is 2.60. The van der Waals surface area contributed by atoms with E-state index < -0.39 is 53.9 Å². The predicted molar refractivity (Wildman–Crippen MR) is 147 cm³/mol. The van der Waals surface area contributed by atoms with E-state index >= 15 is 0 Å². The molecule has 0 aromatic heterocycles. The van der Waals surface area contributed by atoms with E-state index in [2.05, 4.69) is 5.32 Å². The molecule has 40 heavy (non-hydrogen) atoms. The molecule has 4 N–H and O–H groups in total. The Morgan fingerprint density at radius 2 is 1.77 bits per heavy atom. The molecule has 0 fully saturated rings. The summed E-state index contributed by atoms with van der Waals surface area (Å²) in [7, 11) is 4.21. The molecule has 0 saturated heterocycles. The summed E-state index contributed by atoms with van der Waals surface area (Å²) in [6, 6.07) is 0. The van der Waals surface area contributed by atoms with Gasteiger partial charge in [-0.15, -0.1) is 0 Å². The Kier molecular flexibility index (Phi) is 12.0. The van der Waals surface area contributed by atoms with Crippen LogP contribution in [0.2, 0.25) is 0 Å². The van der Waals surface area contributed by atoms with Crippen LogP contribution in [0.1, 0.15) is 40.5 Å².